The molecule has 1 aromatic carbocycles. The van der Waals surface area contributed by atoms with Gasteiger partial charge in [0.15, 0.2) is 0 Å². The van der Waals surface area contributed by atoms with E-state index in [1.165, 1.54) is 12.7 Å². The van der Waals surface area contributed by atoms with Crippen molar-refractivity contribution in [1.29, 1.82) is 0 Å². The maximum Gasteiger partial charge on any atom is 0.409 e. The molecule has 1 unspecified atom stereocenters. The van der Waals surface area contributed by atoms with Crippen molar-refractivity contribution in [3.63, 3.8) is 0 Å². The normalized spacial score (nSPS) is 20.3. The van der Waals surface area contributed by atoms with E-state index in [1.54, 1.807) is 17.0 Å². The van der Waals surface area contributed by atoms with E-state index in [4.69, 9.17) is 4.74 Å². The van der Waals surface area contributed by atoms with Gasteiger partial charge in [0.2, 0.25) is 0 Å². The Balaban J connectivity index is 1.39. The first kappa shape index (κ1) is 20.0. The van der Waals surface area contributed by atoms with Crippen molar-refractivity contribution in [2.45, 2.75) is 18.4 Å². The number of benzene rings is 1. The van der Waals surface area contributed by atoms with E-state index >= 15 is 0 Å². The Kier molecular flexibility index (Phi) is 7.04. The minimum absolute atomic E-state index is 0.181. The van der Waals surface area contributed by atoms with Crippen LogP contribution in [0.4, 0.5) is 9.18 Å². The van der Waals surface area contributed by atoms with Crippen molar-refractivity contribution in [3.8, 4) is 0 Å². The maximum absolute atomic E-state index is 13.2. The van der Waals surface area contributed by atoms with E-state index < -0.39 is 0 Å². The van der Waals surface area contributed by atoms with Gasteiger partial charge in [-0.1, -0.05) is 12.1 Å². The van der Waals surface area contributed by atoms with Gasteiger partial charge in [0.05, 0.1) is 7.11 Å². The SMILES string of the molecule is CNCC(CCN1CC(N2CCN(C(=O)OC)CC2)C1)c1ccc(F)cc1. The molecule has 1 N–H and O–H groups in total. The predicted octanol–water partition coefficient (Wildman–Crippen LogP) is 1.59. The van der Waals surface area contributed by atoms with Crippen LogP contribution in [0.3, 0.4) is 0 Å². The number of amides is 1. The monoisotopic (exact) mass is 378 g/mol. The highest BCUT2D eigenvalue weighted by Crippen LogP contribution is 2.23. The van der Waals surface area contributed by atoms with Crippen LogP contribution >= 0.6 is 0 Å². The minimum Gasteiger partial charge on any atom is -0.453 e. The molecule has 2 aliphatic heterocycles. The van der Waals surface area contributed by atoms with E-state index in [-0.39, 0.29) is 11.9 Å². The number of hydrogen-bond acceptors (Lipinski definition) is 5. The van der Waals surface area contributed by atoms with E-state index in [9.17, 15) is 9.18 Å². The summed E-state index contributed by atoms with van der Waals surface area (Å²) >= 11 is 0. The number of rotatable bonds is 7. The molecule has 1 aromatic rings. The number of nitrogens with zero attached hydrogens (tertiary/aromatic N) is 3. The van der Waals surface area contributed by atoms with E-state index in [1.807, 2.05) is 19.2 Å². The molecule has 2 fully saturated rings. The summed E-state index contributed by atoms with van der Waals surface area (Å²) in [6, 6.07) is 7.49. The largest absolute Gasteiger partial charge is 0.453 e. The standard InChI is InChI=1S/C20H31FN4O2/c1-22-13-17(16-3-5-18(21)6-4-16)7-8-23-14-19(15-23)24-9-11-25(12-10-24)20(26)27-2/h3-6,17,19,22H,7-15H2,1-2H3. The average molecular weight is 378 g/mol. The lowest BCUT2D eigenvalue weighted by Crippen LogP contribution is -2.63. The van der Waals surface area contributed by atoms with Gasteiger partial charge in [0.25, 0.3) is 0 Å². The number of ether oxygens (including phenoxy) is 1. The third-order valence-electron chi connectivity index (χ3n) is 5.79. The second-order valence-electron chi connectivity index (χ2n) is 7.50. The summed E-state index contributed by atoms with van der Waals surface area (Å²) in [6.45, 7) is 7.48. The molecule has 0 radical (unpaired) electrons. The molecular weight excluding hydrogens is 347 g/mol. The fraction of sp³-hybridized carbons (Fsp3) is 0.650. The third kappa shape index (κ3) is 5.18. The topological polar surface area (TPSA) is 48.0 Å². The van der Waals surface area contributed by atoms with Crippen LogP contribution in [-0.2, 0) is 4.74 Å². The van der Waals surface area contributed by atoms with Crippen LogP contribution in [0.2, 0.25) is 0 Å². The van der Waals surface area contributed by atoms with Gasteiger partial charge >= 0.3 is 6.09 Å². The van der Waals surface area contributed by atoms with Crippen LogP contribution < -0.4 is 5.32 Å². The lowest BCUT2D eigenvalue weighted by molar-refractivity contribution is 0.00456. The van der Waals surface area contributed by atoms with Gasteiger partial charge < -0.3 is 19.9 Å². The fourth-order valence-corrected chi connectivity index (χ4v) is 4.06. The molecule has 0 aliphatic carbocycles. The Hall–Kier alpha value is -1.70. The summed E-state index contributed by atoms with van der Waals surface area (Å²) in [4.78, 5) is 18.3. The van der Waals surface area contributed by atoms with E-state index in [0.29, 0.717) is 12.0 Å². The van der Waals surface area contributed by atoms with Gasteiger partial charge in [0, 0.05) is 51.9 Å². The zero-order chi connectivity index (χ0) is 19.2. The lowest BCUT2D eigenvalue weighted by atomic mass is 9.94. The van der Waals surface area contributed by atoms with Crippen molar-refractivity contribution in [1.82, 2.24) is 20.0 Å². The van der Waals surface area contributed by atoms with Crippen LogP contribution in [0.5, 0.6) is 0 Å². The Morgan fingerprint density at radius 2 is 1.89 bits per heavy atom. The molecule has 2 aliphatic rings. The maximum atomic E-state index is 13.2. The van der Waals surface area contributed by atoms with Crippen LogP contribution in [-0.4, -0.2) is 93.4 Å². The molecule has 2 saturated heterocycles. The second-order valence-corrected chi connectivity index (χ2v) is 7.50. The van der Waals surface area contributed by atoms with Crippen molar-refractivity contribution < 1.29 is 13.9 Å². The number of carbonyl (C=O) groups is 1. The fourth-order valence-electron chi connectivity index (χ4n) is 4.06. The Bertz CT molecular complexity index is 599. The van der Waals surface area contributed by atoms with E-state index in [2.05, 4.69) is 15.1 Å². The molecule has 6 nitrogen and oxygen atoms in total. The zero-order valence-electron chi connectivity index (χ0n) is 16.4. The molecule has 27 heavy (non-hydrogen) atoms. The van der Waals surface area contributed by atoms with Crippen molar-refractivity contribution >= 4 is 6.09 Å². The highest BCUT2D eigenvalue weighted by molar-refractivity contribution is 5.67. The summed E-state index contributed by atoms with van der Waals surface area (Å²) in [5, 5.41) is 3.26. The number of likely N-dealkylation sites (N-methyl/N-ethyl adjacent to an activating group) is 1. The van der Waals surface area contributed by atoms with Gasteiger partial charge in [-0.2, -0.15) is 0 Å². The van der Waals surface area contributed by atoms with Crippen molar-refractivity contribution in [2.24, 2.45) is 0 Å². The van der Waals surface area contributed by atoms with Crippen LogP contribution in [0.25, 0.3) is 0 Å². The third-order valence-corrected chi connectivity index (χ3v) is 5.79. The highest BCUT2D eigenvalue weighted by atomic mass is 19.1. The Morgan fingerprint density at radius 3 is 2.48 bits per heavy atom. The zero-order valence-corrected chi connectivity index (χ0v) is 16.4. The van der Waals surface area contributed by atoms with Gasteiger partial charge in [-0.25, -0.2) is 9.18 Å². The molecule has 1 atom stereocenters. The first-order chi connectivity index (χ1) is 13.1. The molecule has 150 valence electrons. The molecule has 0 bridgehead atoms. The summed E-state index contributed by atoms with van der Waals surface area (Å²) in [6.07, 6.45) is 0.844. The van der Waals surface area contributed by atoms with Gasteiger partial charge in [-0.3, -0.25) is 4.90 Å². The smallest absolute Gasteiger partial charge is 0.409 e. The second kappa shape index (κ2) is 9.48. The number of likely N-dealkylation sites (tertiary alicyclic amines) is 1. The van der Waals surface area contributed by atoms with Gasteiger partial charge in [0.1, 0.15) is 5.82 Å². The number of nitrogens with one attached hydrogen (secondary N) is 1. The van der Waals surface area contributed by atoms with Crippen LogP contribution in [0, 0.1) is 5.82 Å². The van der Waals surface area contributed by atoms with Gasteiger partial charge in [-0.05, 0) is 43.6 Å². The number of carbonyl (C=O) groups excluding carboxylic acids is 1. The first-order valence-electron chi connectivity index (χ1n) is 9.80. The molecule has 7 heteroatoms. The summed E-state index contributed by atoms with van der Waals surface area (Å²) in [7, 11) is 3.40. The Labute approximate surface area is 161 Å². The van der Waals surface area contributed by atoms with Crippen LogP contribution in [0.1, 0.15) is 17.9 Å². The average Bonchev–Trinajstić information content (AvgIpc) is 2.66. The van der Waals surface area contributed by atoms with Crippen LogP contribution in [0.15, 0.2) is 24.3 Å². The number of hydrogen-bond donors (Lipinski definition) is 1. The summed E-state index contributed by atoms with van der Waals surface area (Å²) in [5.74, 6) is 0.220. The first-order valence-corrected chi connectivity index (χ1v) is 9.80. The van der Waals surface area contributed by atoms with Gasteiger partial charge in [-0.15, -0.1) is 0 Å². The molecule has 1 amide bonds. The minimum atomic E-state index is -0.221. The molecular formula is C20H31FN4O2. The quantitative estimate of drug-likeness (QED) is 0.781. The predicted molar refractivity (Wildman–Crippen MR) is 103 cm³/mol. The summed E-state index contributed by atoms with van der Waals surface area (Å²) < 4.78 is 18.0. The van der Waals surface area contributed by atoms with Crippen molar-refractivity contribution in [2.75, 3.05) is 66.5 Å². The van der Waals surface area contributed by atoms with E-state index in [0.717, 1.165) is 58.8 Å². The lowest BCUT2D eigenvalue weighted by Gasteiger charge is -2.48. The summed E-state index contributed by atoms with van der Waals surface area (Å²) in [5.41, 5.74) is 1.20. The Morgan fingerprint density at radius 1 is 1.22 bits per heavy atom. The molecule has 2 heterocycles. The highest BCUT2D eigenvalue weighted by Gasteiger charge is 2.34. The molecule has 3 rings (SSSR count). The molecule has 0 aromatic heterocycles. The number of piperazine rings is 1. The molecule has 0 saturated carbocycles. The number of halogens is 1. The molecule has 0 spiro atoms. The number of methoxy groups -OCH3 is 1. The van der Waals surface area contributed by atoms with Crippen molar-refractivity contribution in [3.05, 3.63) is 35.6 Å².